The van der Waals surface area contributed by atoms with E-state index in [2.05, 4.69) is 34.6 Å². The van der Waals surface area contributed by atoms with Crippen LogP contribution in [0.25, 0.3) is 0 Å². The standard InChI is InChI=1S/C15H30N2O/c1-6-15(7-2)8-9-17(11-15)13(18)10-12(16)14(3,4)5/h12H,6-11,16H2,1-5H3. The van der Waals surface area contributed by atoms with Crippen LogP contribution in [0.5, 0.6) is 0 Å². The van der Waals surface area contributed by atoms with Crippen LogP contribution in [-0.4, -0.2) is 29.9 Å². The average molecular weight is 254 g/mol. The lowest BCUT2D eigenvalue weighted by Gasteiger charge is -2.30. The van der Waals surface area contributed by atoms with Crippen LogP contribution in [0.4, 0.5) is 0 Å². The maximum atomic E-state index is 12.3. The third kappa shape index (κ3) is 3.47. The molecule has 1 amide bonds. The molecular weight excluding hydrogens is 224 g/mol. The molecule has 2 N–H and O–H groups in total. The molecule has 1 aliphatic rings. The lowest BCUT2D eigenvalue weighted by molar-refractivity contribution is -0.131. The van der Waals surface area contributed by atoms with E-state index in [1.54, 1.807) is 0 Å². The Labute approximate surface area is 112 Å². The van der Waals surface area contributed by atoms with Gasteiger partial charge in [-0.25, -0.2) is 0 Å². The van der Waals surface area contributed by atoms with Gasteiger partial charge in [0.25, 0.3) is 0 Å². The smallest absolute Gasteiger partial charge is 0.224 e. The first-order valence-corrected chi connectivity index (χ1v) is 7.27. The van der Waals surface area contributed by atoms with Crippen molar-refractivity contribution in [1.29, 1.82) is 0 Å². The van der Waals surface area contributed by atoms with Crippen LogP contribution < -0.4 is 5.73 Å². The molecule has 0 spiro atoms. The normalized spacial score (nSPS) is 21.1. The van der Waals surface area contributed by atoms with E-state index >= 15 is 0 Å². The van der Waals surface area contributed by atoms with Gasteiger partial charge in [0.05, 0.1) is 0 Å². The summed E-state index contributed by atoms with van der Waals surface area (Å²) < 4.78 is 0. The van der Waals surface area contributed by atoms with Gasteiger partial charge >= 0.3 is 0 Å². The van der Waals surface area contributed by atoms with Gasteiger partial charge in [0.2, 0.25) is 5.91 Å². The molecule has 0 bridgehead atoms. The molecule has 1 fully saturated rings. The summed E-state index contributed by atoms with van der Waals surface area (Å²) >= 11 is 0. The molecule has 0 aromatic carbocycles. The zero-order valence-corrected chi connectivity index (χ0v) is 12.8. The first-order valence-electron chi connectivity index (χ1n) is 7.27. The second kappa shape index (κ2) is 5.60. The second-order valence-electron chi connectivity index (χ2n) is 6.95. The molecule has 18 heavy (non-hydrogen) atoms. The number of nitrogens with zero attached hydrogens (tertiary/aromatic N) is 1. The largest absolute Gasteiger partial charge is 0.342 e. The minimum Gasteiger partial charge on any atom is -0.342 e. The molecule has 1 heterocycles. The number of hydrogen-bond donors (Lipinski definition) is 1. The summed E-state index contributed by atoms with van der Waals surface area (Å²) in [6, 6.07) is -0.0525. The van der Waals surface area contributed by atoms with Gasteiger partial charge in [-0.3, -0.25) is 4.79 Å². The molecule has 1 atom stereocenters. The Morgan fingerprint density at radius 2 is 1.89 bits per heavy atom. The van der Waals surface area contributed by atoms with Crippen molar-refractivity contribution < 1.29 is 4.79 Å². The highest BCUT2D eigenvalue weighted by Crippen LogP contribution is 2.37. The molecule has 3 nitrogen and oxygen atoms in total. The topological polar surface area (TPSA) is 46.3 Å². The van der Waals surface area contributed by atoms with Crippen LogP contribution in [0.15, 0.2) is 0 Å². The van der Waals surface area contributed by atoms with Crippen molar-refractivity contribution in [2.75, 3.05) is 13.1 Å². The SMILES string of the molecule is CCC1(CC)CCN(C(=O)CC(N)C(C)(C)C)C1. The predicted molar refractivity (Wildman–Crippen MR) is 76.3 cm³/mol. The van der Waals surface area contributed by atoms with Crippen molar-refractivity contribution in [3.8, 4) is 0 Å². The zero-order chi connectivity index (χ0) is 14.0. The van der Waals surface area contributed by atoms with Crippen molar-refractivity contribution in [3.63, 3.8) is 0 Å². The highest BCUT2D eigenvalue weighted by atomic mass is 16.2. The molecular formula is C15H30N2O. The summed E-state index contributed by atoms with van der Waals surface area (Å²) in [5.41, 5.74) is 6.47. The van der Waals surface area contributed by atoms with Crippen LogP contribution in [0.3, 0.4) is 0 Å². The summed E-state index contributed by atoms with van der Waals surface area (Å²) in [6.07, 6.45) is 3.96. The molecule has 0 aromatic heterocycles. The minimum atomic E-state index is -0.0525. The van der Waals surface area contributed by atoms with E-state index in [9.17, 15) is 4.79 Å². The van der Waals surface area contributed by atoms with E-state index in [1.807, 2.05) is 4.90 Å². The summed E-state index contributed by atoms with van der Waals surface area (Å²) in [5.74, 6) is 0.237. The van der Waals surface area contributed by atoms with Crippen molar-refractivity contribution in [2.24, 2.45) is 16.6 Å². The fourth-order valence-corrected chi connectivity index (χ4v) is 2.60. The molecule has 1 unspecified atom stereocenters. The Morgan fingerprint density at radius 1 is 1.33 bits per heavy atom. The molecule has 0 aliphatic carbocycles. The quantitative estimate of drug-likeness (QED) is 0.838. The van der Waals surface area contributed by atoms with Crippen molar-refractivity contribution in [3.05, 3.63) is 0 Å². The van der Waals surface area contributed by atoms with Crippen LogP contribution >= 0.6 is 0 Å². The number of likely N-dealkylation sites (tertiary alicyclic amines) is 1. The van der Waals surface area contributed by atoms with Gasteiger partial charge in [-0.2, -0.15) is 0 Å². The third-order valence-corrected chi connectivity index (χ3v) is 4.80. The second-order valence-corrected chi connectivity index (χ2v) is 6.95. The average Bonchev–Trinajstić information content (AvgIpc) is 2.72. The van der Waals surface area contributed by atoms with Crippen molar-refractivity contribution in [2.45, 2.75) is 66.3 Å². The molecule has 0 saturated carbocycles. The van der Waals surface area contributed by atoms with Gasteiger partial charge in [0, 0.05) is 25.6 Å². The number of hydrogen-bond acceptors (Lipinski definition) is 2. The van der Waals surface area contributed by atoms with Gasteiger partial charge in [-0.15, -0.1) is 0 Å². The number of rotatable bonds is 4. The minimum absolute atomic E-state index is 0.00197. The van der Waals surface area contributed by atoms with Crippen molar-refractivity contribution >= 4 is 5.91 Å². The van der Waals surface area contributed by atoms with E-state index in [4.69, 9.17) is 5.73 Å². The van der Waals surface area contributed by atoms with Crippen LogP contribution in [0.1, 0.15) is 60.3 Å². The van der Waals surface area contributed by atoms with Crippen LogP contribution in [0.2, 0.25) is 0 Å². The molecule has 3 heteroatoms. The fraction of sp³-hybridized carbons (Fsp3) is 0.933. The van der Waals surface area contributed by atoms with E-state index < -0.39 is 0 Å². The van der Waals surface area contributed by atoms with Gasteiger partial charge in [0.1, 0.15) is 0 Å². The summed E-state index contributed by atoms with van der Waals surface area (Å²) in [4.78, 5) is 14.3. The summed E-state index contributed by atoms with van der Waals surface area (Å²) in [6.45, 7) is 12.6. The fourth-order valence-electron chi connectivity index (χ4n) is 2.60. The molecule has 0 aromatic rings. The Balaban J connectivity index is 2.55. The molecule has 1 rings (SSSR count). The maximum absolute atomic E-state index is 12.3. The lowest BCUT2D eigenvalue weighted by atomic mass is 9.82. The van der Waals surface area contributed by atoms with Gasteiger partial charge in [-0.05, 0) is 30.1 Å². The molecule has 1 aliphatic heterocycles. The first kappa shape index (κ1) is 15.5. The Bertz CT molecular complexity index is 289. The molecule has 1 saturated heterocycles. The summed E-state index contributed by atoms with van der Waals surface area (Å²) in [5, 5.41) is 0. The lowest BCUT2D eigenvalue weighted by Crippen LogP contribution is -2.41. The van der Waals surface area contributed by atoms with Gasteiger partial charge in [-0.1, -0.05) is 34.6 Å². The Hall–Kier alpha value is -0.570. The van der Waals surface area contributed by atoms with E-state index in [0.717, 1.165) is 19.5 Å². The van der Waals surface area contributed by atoms with Crippen molar-refractivity contribution in [1.82, 2.24) is 4.90 Å². The predicted octanol–water partition coefficient (Wildman–Crippen LogP) is 2.79. The van der Waals surface area contributed by atoms with Crippen LogP contribution in [0, 0.1) is 10.8 Å². The van der Waals surface area contributed by atoms with Gasteiger partial charge < -0.3 is 10.6 Å². The highest BCUT2D eigenvalue weighted by molar-refractivity contribution is 5.77. The molecule has 0 radical (unpaired) electrons. The number of amides is 1. The highest BCUT2D eigenvalue weighted by Gasteiger charge is 2.37. The van der Waals surface area contributed by atoms with Gasteiger partial charge in [0.15, 0.2) is 0 Å². The number of nitrogens with two attached hydrogens (primary N) is 1. The maximum Gasteiger partial charge on any atom is 0.224 e. The zero-order valence-electron chi connectivity index (χ0n) is 12.8. The Morgan fingerprint density at radius 3 is 2.28 bits per heavy atom. The van der Waals surface area contributed by atoms with E-state index in [-0.39, 0.29) is 17.4 Å². The first-order chi connectivity index (χ1) is 8.24. The summed E-state index contributed by atoms with van der Waals surface area (Å²) in [7, 11) is 0. The van der Waals surface area contributed by atoms with Crippen LogP contribution in [-0.2, 0) is 4.79 Å². The Kier molecular flexibility index (Phi) is 4.82. The monoisotopic (exact) mass is 254 g/mol. The number of carbonyl (C=O) groups excluding carboxylic acids is 1. The van der Waals surface area contributed by atoms with E-state index in [0.29, 0.717) is 11.8 Å². The number of carbonyl (C=O) groups is 1. The third-order valence-electron chi connectivity index (χ3n) is 4.80. The van der Waals surface area contributed by atoms with E-state index in [1.165, 1.54) is 12.8 Å². The molecule has 106 valence electrons.